The largest absolute Gasteiger partial charge is 0.456 e. The van der Waals surface area contributed by atoms with Gasteiger partial charge in [-0.05, 0) is 12.0 Å². The van der Waals surface area contributed by atoms with Gasteiger partial charge in [0.2, 0.25) is 0 Å². The minimum absolute atomic E-state index is 0.152. The lowest BCUT2D eigenvalue weighted by atomic mass is 10.00. The highest BCUT2D eigenvalue weighted by Gasteiger charge is 2.27. The minimum atomic E-state index is -0.646. The van der Waals surface area contributed by atoms with Crippen LogP contribution in [0, 0.1) is 5.92 Å². The van der Waals surface area contributed by atoms with Crippen LogP contribution < -0.4 is 0 Å². The second-order valence-corrected chi connectivity index (χ2v) is 3.00. The zero-order chi connectivity index (χ0) is 8.43. The molecule has 0 amide bonds. The van der Waals surface area contributed by atoms with E-state index in [1.165, 1.54) is 12.2 Å². The first-order valence-corrected chi connectivity index (χ1v) is 3.68. The van der Waals surface area contributed by atoms with Crippen molar-refractivity contribution in [1.82, 2.24) is 0 Å². The summed E-state index contributed by atoms with van der Waals surface area (Å²) in [6.45, 7) is 3.81. The van der Waals surface area contributed by atoms with Gasteiger partial charge < -0.3 is 9.84 Å². The second-order valence-electron chi connectivity index (χ2n) is 3.00. The maximum absolute atomic E-state index is 10.7. The average Bonchev–Trinajstić information content (AvgIpc) is 1.94. The normalized spacial score (nSPS) is 30.7. The molecular weight excluding hydrogens is 144 g/mol. The summed E-state index contributed by atoms with van der Waals surface area (Å²) < 4.78 is 4.88. The highest BCUT2D eigenvalue weighted by atomic mass is 16.6. The Kier molecular flexibility index (Phi) is 2.29. The zero-order valence-corrected chi connectivity index (χ0v) is 6.65. The van der Waals surface area contributed by atoms with Gasteiger partial charge in [-0.25, -0.2) is 4.79 Å². The molecule has 1 rings (SSSR count). The van der Waals surface area contributed by atoms with E-state index in [-0.39, 0.29) is 18.0 Å². The Labute approximate surface area is 65.7 Å². The Morgan fingerprint density at radius 2 is 2.27 bits per heavy atom. The topological polar surface area (TPSA) is 46.5 Å². The lowest BCUT2D eigenvalue weighted by Gasteiger charge is -2.26. The molecule has 0 saturated heterocycles. The van der Waals surface area contributed by atoms with Gasteiger partial charge in [0.1, 0.15) is 12.2 Å². The SMILES string of the molecule is CC(C)[C@H]1OC(=O)C=C[C@H]1O. The fourth-order valence-electron chi connectivity index (χ4n) is 1.06. The number of hydrogen-bond acceptors (Lipinski definition) is 3. The minimum Gasteiger partial charge on any atom is -0.456 e. The molecule has 3 heteroatoms. The van der Waals surface area contributed by atoms with E-state index in [0.717, 1.165) is 0 Å². The fourth-order valence-corrected chi connectivity index (χ4v) is 1.06. The molecule has 0 spiro atoms. The Hall–Kier alpha value is -0.830. The summed E-state index contributed by atoms with van der Waals surface area (Å²) in [6, 6.07) is 0. The third kappa shape index (κ3) is 1.80. The lowest BCUT2D eigenvalue weighted by molar-refractivity contribution is -0.152. The van der Waals surface area contributed by atoms with Crippen molar-refractivity contribution in [3.05, 3.63) is 12.2 Å². The van der Waals surface area contributed by atoms with Crippen molar-refractivity contribution >= 4 is 5.97 Å². The van der Waals surface area contributed by atoms with Gasteiger partial charge in [0, 0.05) is 6.08 Å². The van der Waals surface area contributed by atoms with Crippen molar-refractivity contribution in [2.45, 2.75) is 26.1 Å². The maximum atomic E-state index is 10.7. The van der Waals surface area contributed by atoms with Gasteiger partial charge in [-0.15, -0.1) is 0 Å². The third-order valence-corrected chi connectivity index (χ3v) is 1.68. The van der Waals surface area contributed by atoms with Crippen LogP contribution in [-0.2, 0) is 9.53 Å². The predicted molar refractivity (Wildman–Crippen MR) is 39.9 cm³/mol. The van der Waals surface area contributed by atoms with Crippen LogP contribution in [0.4, 0.5) is 0 Å². The first-order valence-electron chi connectivity index (χ1n) is 3.68. The first-order chi connectivity index (χ1) is 5.11. The van der Waals surface area contributed by atoms with E-state index in [1.54, 1.807) is 0 Å². The molecule has 0 aromatic heterocycles. The molecule has 0 bridgehead atoms. The molecule has 1 N–H and O–H groups in total. The molecule has 1 heterocycles. The summed E-state index contributed by atoms with van der Waals surface area (Å²) in [5, 5.41) is 9.29. The van der Waals surface area contributed by atoms with Crippen molar-refractivity contribution in [2.75, 3.05) is 0 Å². The molecule has 0 aliphatic carbocycles. The lowest BCUT2D eigenvalue weighted by Crippen LogP contribution is -2.36. The highest BCUT2D eigenvalue weighted by molar-refractivity contribution is 5.83. The summed E-state index contributed by atoms with van der Waals surface area (Å²) in [4.78, 5) is 10.7. The van der Waals surface area contributed by atoms with Gasteiger partial charge in [-0.3, -0.25) is 0 Å². The smallest absolute Gasteiger partial charge is 0.330 e. The summed E-state index contributed by atoms with van der Waals surface area (Å²) in [6.07, 6.45) is 1.69. The van der Waals surface area contributed by atoms with Crippen LogP contribution in [0.5, 0.6) is 0 Å². The van der Waals surface area contributed by atoms with Gasteiger partial charge in [0.15, 0.2) is 0 Å². The molecular formula is C8H12O3. The van der Waals surface area contributed by atoms with Gasteiger partial charge in [0.05, 0.1) is 0 Å². The number of rotatable bonds is 1. The standard InChI is InChI=1S/C8H12O3/c1-5(2)8-6(9)3-4-7(10)11-8/h3-6,8-9H,1-2H3/t6-,8-/m1/s1. The van der Waals surface area contributed by atoms with E-state index in [4.69, 9.17) is 4.74 Å². The van der Waals surface area contributed by atoms with Crippen LogP contribution in [0.15, 0.2) is 12.2 Å². The second kappa shape index (κ2) is 3.05. The fraction of sp³-hybridized carbons (Fsp3) is 0.625. The molecule has 0 unspecified atom stereocenters. The number of aliphatic hydroxyl groups excluding tert-OH is 1. The Morgan fingerprint density at radius 1 is 1.64 bits per heavy atom. The maximum Gasteiger partial charge on any atom is 0.330 e. The quantitative estimate of drug-likeness (QED) is 0.562. The van der Waals surface area contributed by atoms with Crippen LogP contribution in [-0.4, -0.2) is 23.3 Å². The molecule has 1 aliphatic rings. The monoisotopic (exact) mass is 156 g/mol. The molecule has 0 fully saturated rings. The van der Waals surface area contributed by atoms with E-state index >= 15 is 0 Å². The van der Waals surface area contributed by atoms with Crippen molar-refractivity contribution in [2.24, 2.45) is 5.92 Å². The Bertz CT molecular complexity index is 184. The summed E-state index contributed by atoms with van der Waals surface area (Å²) in [5.41, 5.74) is 0. The Balaban J connectivity index is 2.68. The molecule has 0 aromatic rings. The number of ether oxygens (including phenoxy) is 1. The number of aliphatic hydroxyl groups is 1. The van der Waals surface area contributed by atoms with Gasteiger partial charge in [0.25, 0.3) is 0 Å². The zero-order valence-electron chi connectivity index (χ0n) is 6.65. The molecule has 0 radical (unpaired) electrons. The molecule has 11 heavy (non-hydrogen) atoms. The van der Waals surface area contributed by atoms with Crippen LogP contribution >= 0.6 is 0 Å². The van der Waals surface area contributed by atoms with E-state index in [0.29, 0.717) is 0 Å². The summed E-state index contributed by atoms with van der Waals surface area (Å²) in [5.74, 6) is -0.215. The molecule has 1 aliphatic heterocycles. The van der Waals surface area contributed by atoms with Crippen LogP contribution in [0.3, 0.4) is 0 Å². The summed E-state index contributed by atoms with van der Waals surface area (Å²) >= 11 is 0. The van der Waals surface area contributed by atoms with E-state index < -0.39 is 6.10 Å². The average molecular weight is 156 g/mol. The number of carbonyl (C=O) groups is 1. The van der Waals surface area contributed by atoms with Crippen molar-refractivity contribution in [3.63, 3.8) is 0 Å². The predicted octanol–water partition coefficient (Wildman–Crippen LogP) is 0.485. The molecule has 62 valence electrons. The Morgan fingerprint density at radius 3 is 2.73 bits per heavy atom. The van der Waals surface area contributed by atoms with Gasteiger partial charge in [-0.2, -0.15) is 0 Å². The molecule has 0 aromatic carbocycles. The molecule has 2 atom stereocenters. The molecule has 3 nitrogen and oxygen atoms in total. The van der Waals surface area contributed by atoms with Crippen LogP contribution in [0.1, 0.15) is 13.8 Å². The number of carbonyl (C=O) groups excluding carboxylic acids is 1. The highest BCUT2D eigenvalue weighted by Crippen LogP contribution is 2.16. The van der Waals surface area contributed by atoms with E-state index in [2.05, 4.69) is 0 Å². The van der Waals surface area contributed by atoms with E-state index in [1.807, 2.05) is 13.8 Å². The first kappa shape index (κ1) is 8.27. The molecule has 0 saturated carbocycles. The van der Waals surface area contributed by atoms with Crippen molar-refractivity contribution in [1.29, 1.82) is 0 Å². The summed E-state index contributed by atoms with van der Waals surface area (Å²) in [7, 11) is 0. The van der Waals surface area contributed by atoms with Crippen molar-refractivity contribution < 1.29 is 14.6 Å². The van der Waals surface area contributed by atoms with Gasteiger partial charge >= 0.3 is 5.97 Å². The van der Waals surface area contributed by atoms with E-state index in [9.17, 15) is 9.90 Å². The van der Waals surface area contributed by atoms with Gasteiger partial charge in [-0.1, -0.05) is 13.8 Å². The van der Waals surface area contributed by atoms with Crippen LogP contribution in [0.2, 0.25) is 0 Å². The van der Waals surface area contributed by atoms with Crippen LogP contribution in [0.25, 0.3) is 0 Å². The van der Waals surface area contributed by atoms with Crippen molar-refractivity contribution in [3.8, 4) is 0 Å². The number of hydrogen-bond donors (Lipinski definition) is 1. The third-order valence-electron chi connectivity index (χ3n) is 1.68. The number of esters is 1. The number of cyclic esters (lactones) is 1.